The Morgan fingerprint density at radius 2 is 1.74 bits per heavy atom. The SMILES string of the molecule is CC(=O)N1CCc2c(c(N3CCCc4cc(-c5cc6nccn6cc5N5CCC(CN6CCC(OCC#Cc7cccc8c7n(C)c(=O)n8C7CCC(=O)NC7=O)CC6)CC5)ccc43)nn2C2CCOCC2)C1. The molecule has 6 aliphatic heterocycles. The van der Waals surface area contributed by atoms with Crippen LogP contribution in [-0.2, 0) is 50.3 Å². The molecule has 0 bridgehead atoms. The number of carbonyl (C=O) groups excluding carboxylic acids is 3. The molecule has 2 aromatic carbocycles. The number of nitrogens with one attached hydrogen (secondary N) is 1. The van der Waals surface area contributed by atoms with E-state index < -0.39 is 11.9 Å². The number of aromatic nitrogens is 6. The fourth-order valence-electron chi connectivity index (χ4n) is 12.6. The van der Waals surface area contributed by atoms with Crippen molar-refractivity contribution in [1.29, 1.82) is 0 Å². The van der Waals surface area contributed by atoms with Gasteiger partial charge in [0.2, 0.25) is 17.7 Å². The van der Waals surface area contributed by atoms with Crippen LogP contribution in [0.4, 0.5) is 17.2 Å². The van der Waals surface area contributed by atoms with Crippen molar-refractivity contribution in [2.24, 2.45) is 13.0 Å². The van der Waals surface area contributed by atoms with Crippen LogP contribution in [0.2, 0.25) is 0 Å². The predicted molar refractivity (Wildman–Crippen MR) is 278 cm³/mol. The lowest BCUT2D eigenvalue weighted by atomic mass is 9.92. The summed E-state index contributed by atoms with van der Waals surface area (Å²) in [5.74, 6) is 7.40. The first kappa shape index (κ1) is 47.3. The standard InChI is InChI=1S/C56H65N11O6/c1-37(68)63-27-18-47-45(35-63)54(59-67(47)42-19-30-72-31-20-42)65-22-4-7-41-32-40(10-11-46(41)65)44-33-51-57-21-28-64(51)36-50(44)62-25-14-38(15-26-62)34-61-23-16-43(17-24-61)73-29-5-8-39-6-3-9-48-53(39)60(2)56(71)66(48)49-12-13-52(69)58-55(49)70/h3,6,9-11,21,28,32-33,36,38,42-43,49H,4,7,12-20,22-27,29-31,34-35H2,1-2H3,(H,58,69,70). The first-order valence-corrected chi connectivity index (χ1v) is 26.6. The second-order valence-corrected chi connectivity index (χ2v) is 21.0. The Hall–Kier alpha value is -6.74. The number of rotatable bonds is 9. The number of aryl methyl sites for hydroxylation is 2. The van der Waals surface area contributed by atoms with E-state index in [0.29, 0.717) is 41.7 Å². The van der Waals surface area contributed by atoms with Crippen LogP contribution in [0, 0.1) is 17.8 Å². The van der Waals surface area contributed by atoms with E-state index in [2.05, 4.69) is 71.4 Å². The number of benzene rings is 2. The van der Waals surface area contributed by atoms with Crippen molar-refractivity contribution in [3.8, 4) is 23.0 Å². The number of imidazole rings is 2. The molecule has 17 heteroatoms. The van der Waals surface area contributed by atoms with Crippen LogP contribution in [0.15, 0.2) is 65.8 Å². The molecule has 0 aliphatic carbocycles. The van der Waals surface area contributed by atoms with Gasteiger partial charge in [-0.05, 0) is 105 Å². The Balaban J connectivity index is 0.683. The highest BCUT2D eigenvalue weighted by molar-refractivity contribution is 6.00. The van der Waals surface area contributed by atoms with E-state index in [1.165, 1.54) is 48.5 Å². The number of imide groups is 1. The van der Waals surface area contributed by atoms with Crippen LogP contribution in [-0.4, -0.2) is 128 Å². The third-order valence-corrected chi connectivity index (χ3v) is 16.6. The smallest absolute Gasteiger partial charge is 0.329 e. The minimum Gasteiger partial charge on any atom is -0.381 e. The normalized spacial score (nSPS) is 20.6. The van der Waals surface area contributed by atoms with Crippen LogP contribution in [0.25, 0.3) is 27.8 Å². The Morgan fingerprint density at radius 3 is 2.55 bits per heavy atom. The number of carbonyl (C=O) groups is 3. The number of piperidine rings is 3. The van der Waals surface area contributed by atoms with Crippen molar-refractivity contribution in [1.82, 2.24) is 43.4 Å². The molecule has 0 spiro atoms. The van der Waals surface area contributed by atoms with Gasteiger partial charge in [-0.1, -0.05) is 24.0 Å². The van der Waals surface area contributed by atoms with Gasteiger partial charge in [-0.2, -0.15) is 5.10 Å². The van der Waals surface area contributed by atoms with E-state index in [9.17, 15) is 19.2 Å². The van der Waals surface area contributed by atoms with Gasteiger partial charge >= 0.3 is 5.69 Å². The van der Waals surface area contributed by atoms with Gasteiger partial charge in [-0.15, -0.1) is 0 Å². The minimum absolute atomic E-state index is 0.115. The van der Waals surface area contributed by atoms with Gasteiger partial charge in [0.1, 0.15) is 18.3 Å². The minimum atomic E-state index is -0.738. The maximum atomic E-state index is 13.3. The summed E-state index contributed by atoms with van der Waals surface area (Å²) in [4.78, 5) is 64.8. The van der Waals surface area contributed by atoms with E-state index in [0.717, 1.165) is 128 Å². The summed E-state index contributed by atoms with van der Waals surface area (Å²) in [5, 5.41) is 7.78. The molecule has 4 fully saturated rings. The molecule has 0 saturated carbocycles. The molecular weight excluding hydrogens is 923 g/mol. The Kier molecular flexibility index (Phi) is 12.9. The van der Waals surface area contributed by atoms with E-state index in [1.807, 2.05) is 35.5 Å². The average Bonchev–Trinajstić information content (AvgIpc) is 4.11. The highest BCUT2D eigenvalue weighted by atomic mass is 16.5. The molecule has 12 rings (SSSR count). The first-order valence-electron chi connectivity index (χ1n) is 26.6. The Bertz CT molecular complexity index is 3220. The van der Waals surface area contributed by atoms with Crippen molar-refractivity contribution in [3.05, 3.63) is 93.9 Å². The van der Waals surface area contributed by atoms with Crippen molar-refractivity contribution in [3.63, 3.8) is 0 Å². The maximum absolute atomic E-state index is 13.3. The van der Waals surface area contributed by atoms with Crippen molar-refractivity contribution < 1.29 is 23.9 Å². The number of hydrogen-bond acceptors (Lipinski definition) is 11. The molecule has 73 heavy (non-hydrogen) atoms. The zero-order valence-corrected chi connectivity index (χ0v) is 42.1. The summed E-state index contributed by atoms with van der Waals surface area (Å²) in [6.07, 6.45) is 15.8. The first-order chi connectivity index (χ1) is 35.6. The predicted octanol–water partition coefficient (Wildman–Crippen LogP) is 5.92. The zero-order chi connectivity index (χ0) is 49.7. The zero-order valence-electron chi connectivity index (χ0n) is 42.1. The fraction of sp³-hybridized carbons (Fsp3) is 0.500. The number of anilines is 3. The van der Waals surface area contributed by atoms with Crippen LogP contribution in [0.3, 0.4) is 0 Å². The van der Waals surface area contributed by atoms with Crippen molar-refractivity contribution in [2.45, 2.75) is 102 Å². The average molecular weight is 988 g/mol. The molecule has 380 valence electrons. The number of ether oxygens (including phenoxy) is 2. The van der Waals surface area contributed by atoms with Crippen LogP contribution in [0.5, 0.6) is 0 Å². The number of likely N-dealkylation sites (tertiary alicyclic amines) is 1. The Labute approximate surface area is 425 Å². The summed E-state index contributed by atoms with van der Waals surface area (Å²) in [7, 11) is 1.69. The molecule has 4 aromatic heterocycles. The summed E-state index contributed by atoms with van der Waals surface area (Å²) in [6.45, 7) is 10.8. The number of amides is 3. The van der Waals surface area contributed by atoms with Crippen molar-refractivity contribution >= 4 is 51.6 Å². The van der Waals surface area contributed by atoms with Gasteiger partial charge in [0, 0.05) is 127 Å². The maximum Gasteiger partial charge on any atom is 0.329 e. The third-order valence-electron chi connectivity index (χ3n) is 16.6. The molecule has 6 aromatic rings. The summed E-state index contributed by atoms with van der Waals surface area (Å²) < 4.78 is 19.5. The molecule has 10 heterocycles. The number of nitrogens with zero attached hydrogens (tertiary/aromatic N) is 10. The fourth-order valence-corrected chi connectivity index (χ4v) is 12.6. The number of fused-ring (bicyclic) bond motifs is 4. The molecule has 17 nitrogen and oxygen atoms in total. The second-order valence-electron chi connectivity index (χ2n) is 21.0. The molecule has 6 aliphatic rings. The van der Waals surface area contributed by atoms with E-state index in [1.54, 1.807) is 14.0 Å². The van der Waals surface area contributed by atoms with Gasteiger partial charge in [0.05, 0.1) is 41.0 Å². The molecule has 1 N–H and O–H groups in total. The lowest BCUT2D eigenvalue weighted by Gasteiger charge is -2.39. The van der Waals surface area contributed by atoms with Crippen LogP contribution in [0.1, 0.15) is 99.2 Å². The second kappa shape index (κ2) is 19.9. The van der Waals surface area contributed by atoms with Gasteiger partial charge in [-0.25, -0.2) is 9.78 Å². The molecule has 0 radical (unpaired) electrons. The van der Waals surface area contributed by atoms with Crippen molar-refractivity contribution in [2.75, 3.05) is 75.4 Å². The van der Waals surface area contributed by atoms with E-state index >= 15 is 0 Å². The highest BCUT2D eigenvalue weighted by Crippen LogP contribution is 2.43. The summed E-state index contributed by atoms with van der Waals surface area (Å²) in [6, 6.07) is 14.4. The lowest BCUT2D eigenvalue weighted by Crippen LogP contribution is -2.44. The molecular formula is C56H65N11O6. The topological polar surface area (TPSA) is 157 Å². The summed E-state index contributed by atoms with van der Waals surface area (Å²) in [5.41, 5.74) is 11.3. The largest absolute Gasteiger partial charge is 0.381 e. The Morgan fingerprint density at radius 1 is 0.904 bits per heavy atom. The van der Waals surface area contributed by atoms with Gasteiger partial charge < -0.3 is 33.5 Å². The lowest BCUT2D eigenvalue weighted by molar-refractivity contribution is -0.135. The molecule has 4 saturated heterocycles. The number of hydrogen-bond donors (Lipinski definition) is 1. The monoisotopic (exact) mass is 988 g/mol. The third kappa shape index (κ3) is 9.12. The number of pyridine rings is 1. The number of para-hydroxylation sites is 1. The molecule has 1 unspecified atom stereocenters. The van der Waals surface area contributed by atoms with Gasteiger partial charge in [0.25, 0.3) is 0 Å². The van der Waals surface area contributed by atoms with E-state index in [-0.39, 0.29) is 36.4 Å². The van der Waals surface area contributed by atoms with Crippen LogP contribution < -0.4 is 20.8 Å². The van der Waals surface area contributed by atoms with Gasteiger partial charge in [-0.3, -0.25) is 33.5 Å². The quantitative estimate of drug-likeness (QED) is 0.136. The highest BCUT2D eigenvalue weighted by Gasteiger charge is 2.35. The van der Waals surface area contributed by atoms with E-state index in [4.69, 9.17) is 19.6 Å². The van der Waals surface area contributed by atoms with Gasteiger partial charge in [0.15, 0.2) is 5.82 Å². The van der Waals surface area contributed by atoms with Crippen LogP contribution >= 0.6 is 0 Å². The molecule has 1 atom stereocenters. The molecule has 3 amide bonds. The summed E-state index contributed by atoms with van der Waals surface area (Å²) >= 11 is 0.